The number of hydrogen-bond donors (Lipinski definition) is 3. The van der Waals surface area contributed by atoms with Gasteiger partial charge in [0.1, 0.15) is 5.69 Å². The van der Waals surface area contributed by atoms with Crippen molar-refractivity contribution in [1.82, 2.24) is 4.98 Å². The highest BCUT2D eigenvalue weighted by Gasteiger charge is 2.11. The molecule has 0 bridgehead atoms. The number of H-pyrrole nitrogens is 1. The number of nitrogens with one attached hydrogen (secondary N) is 3. The minimum Gasteiger partial charge on any atom is -0.461 e. The maximum Gasteiger partial charge on any atom is 0.354 e. The fourth-order valence-corrected chi connectivity index (χ4v) is 2.49. The molecule has 0 atom stereocenters. The van der Waals surface area contributed by atoms with Crippen molar-refractivity contribution >= 4 is 40.0 Å². The van der Waals surface area contributed by atoms with E-state index in [1.807, 2.05) is 0 Å². The van der Waals surface area contributed by atoms with Gasteiger partial charge in [-0.25, -0.2) is 9.59 Å². The zero-order chi connectivity index (χ0) is 19.4. The predicted molar refractivity (Wildman–Crippen MR) is 100.0 cm³/mol. The summed E-state index contributed by atoms with van der Waals surface area (Å²) in [6, 6.07) is 11.8. The Morgan fingerprint density at radius 3 is 2.41 bits per heavy atom. The molecule has 0 radical (unpaired) electrons. The fraction of sp³-hybridized carbons (Fsp3) is 0.111. The lowest BCUT2D eigenvalue weighted by molar-refractivity contribution is -0.384. The minimum atomic E-state index is -0.513. The Hall–Kier alpha value is -3.88. The van der Waals surface area contributed by atoms with Gasteiger partial charge in [0.2, 0.25) is 0 Å². The molecule has 0 saturated heterocycles. The number of urea groups is 1. The molecular weight excluding hydrogens is 352 g/mol. The molecule has 0 aliphatic heterocycles. The number of anilines is 2. The Kier molecular flexibility index (Phi) is 5.02. The third kappa shape index (κ3) is 4.21. The van der Waals surface area contributed by atoms with E-state index in [1.54, 1.807) is 31.2 Å². The molecule has 0 aliphatic rings. The molecule has 138 valence electrons. The van der Waals surface area contributed by atoms with E-state index >= 15 is 0 Å². The Bertz CT molecular complexity index is 1010. The Balaban J connectivity index is 1.69. The number of fused-ring (bicyclic) bond motifs is 1. The number of esters is 1. The predicted octanol–water partition coefficient (Wildman–Crippen LogP) is 3.90. The number of amides is 2. The average Bonchev–Trinajstić information content (AvgIpc) is 3.06. The van der Waals surface area contributed by atoms with Crippen LogP contribution in [0.4, 0.5) is 21.9 Å². The number of ether oxygens (including phenoxy) is 1. The summed E-state index contributed by atoms with van der Waals surface area (Å²) in [4.78, 5) is 36.9. The lowest BCUT2D eigenvalue weighted by atomic mass is 10.2. The summed E-state index contributed by atoms with van der Waals surface area (Å²) in [7, 11) is 0. The number of aromatic nitrogens is 1. The monoisotopic (exact) mass is 368 g/mol. The number of nitro groups is 1. The summed E-state index contributed by atoms with van der Waals surface area (Å²) in [5.41, 5.74) is 1.96. The van der Waals surface area contributed by atoms with Crippen molar-refractivity contribution in [3.8, 4) is 0 Å². The third-order valence-corrected chi connectivity index (χ3v) is 3.71. The first-order valence-electron chi connectivity index (χ1n) is 8.08. The third-order valence-electron chi connectivity index (χ3n) is 3.71. The van der Waals surface area contributed by atoms with Crippen LogP contribution < -0.4 is 10.6 Å². The van der Waals surface area contributed by atoms with Crippen LogP contribution in [-0.2, 0) is 4.74 Å². The number of carbonyl (C=O) groups excluding carboxylic acids is 2. The van der Waals surface area contributed by atoms with Crippen LogP contribution in [0.15, 0.2) is 48.5 Å². The van der Waals surface area contributed by atoms with Crippen molar-refractivity contribution in [1.29, 1.82) is 0 Å². The molecule has 9 heteroatoms. The number of aromatic amines is 1. The molecule has 3 N–H and O–H groups in total. The molecule has 0 unspecified atom stereocenters. The van der Waals surface area contributed by atoms with Crippen LogP contribution in [0, 0.1) is 10.1 Å². The van der Waals surface area contributed by atoms with E-state index in [1.165, 1.54) is 24.3 Å². The van der Waals surface area contributed by atoms with Crippen LogP contribution in [0.3, 0.4) is 0 Å². The highest BCUT2D eigenvalue weighted by molar-refractivity contribution is 6.02. The summed E-state index contributed by atoms with van der Waals surface area (Å²) >= 11 is 0. The maximum absolute atomic E-state index is 12.1. The summed E-state index contributed by atoms with van der Waals surface area (Å²) in [6.07, 6.45) is 0. The Morgan fingerprint density at radius 2 is 1.74 bits per heavy atom. The zero-order valence-electron chi connectivity index (χ0n) is 14.3. The maximum atomic E-state index is 12.1. The van der Waals surface area contributed by atoms with E-state index in [9.17, 15) is 19.7 Å². The van der Waals surface area contributed by atoms with Crippen LogP contribution in [0.5, 0.6) is 0 Å². The zero-order valence-corrected chi connectivity index (χ0v) is 14.3. The molecule has 3 rings (SSSR count). The number of nitro benzene ring substituents is 1. The molecule has 2 amide bonds. The molecule has 1 aromatic heterocycles. The fourth-order valence-electron chi connectivity index (χ4n) is 2.49. The van der Waals surface area contributed by atoms with Gasteiger partial charge in [0, 0.05) is 34.4 Å². The van der Waals surface area contributed by atoms with E-state index in [0.29, 0.717) is 17.1 Å². The van der Waals surface area contributed by atoms with Crippen molar-refractivity contribution in [2.24, 2.45) is 0 Å². The molecular formula is C18H16N4O5. The first-order valence-corrected chi connectivity index (χ1v) is 8.08. The topological polar surface area (TPSA) is 126 Å². The lowest BCUT2D eigenvalue weighted by Gasteiger charge is -2.07. The van der Waals surface area contributed by atoms with Crippen molar-refractivity contribution in [2.45, 2.75) is 6.92 Å². The second-order valence-corrected chi connectivity index (χ2v) is 5.59. The largest absolute Gasteiger partial charge is 0.461 e. The van der Waals surface area contributed by atoms with E-state index in [0.717, 1.165) is 10.9 Å². The molecule has 0 saturated carbocycles. The summed E-state index contributed by atoms with van der Waals surface area (Å²) in [5, 5.41) is 16.6. The SMILES string of the molecule is CCOC(=O)c1cc2cc(NC(=O)Nc3ccc([N+](=O)[O-])cc3)ccc2[nH]1. The van der Waals surface area contributed by atoms with E-state index in [-0.39, 0.29) is 12.3 Å². The molecule has 1 heterocycles. The van der Waals surface area contributed by atoms with Crippen LogP contribution in [0.1, 0.15) is 17.4 Å². The molecule has 0 aliphatic carbocycles. The quantitative estimate of drug-likeness (QED) is 0.358. The average molecular weight is 368 g/mol. The molecule has 0 fully saturated rings. The number of carbonyl (C=O) groups is 2. The van der Waals surface area contributed by atoms with Gasteiger partial charge >= 0.3 is 12.0 Å². The number of hydrogen-bond acceptors (Lipinski definition) is 5. The number of benzene rings is 2. The van der Waals surface area contributed by atoms with Crippen molar-refractivity contribution in [3.63, 3.8) is 0 Å². The van der Waals surface area contributed by atoms with Gasteiger partial charge in [0.15, 0.2) is 0 Å². The van der Waals surface area contributed by atoms with Gasteiger partial charge in [-0.1, -0.05) is 0 Å². The smallest absolute Gasteiger partial charge is 0.354 e. The van der Waals surface area contributed by atoms with Crippen LogP contribution >= 0.6 is 0 Å². The van der Waals surface area contributed by atoms with Gasteiger partial charge in [-0.05, 0) is 43.3 Å². The highest BCUT2D eigenvalue weighted by Crippen LogP contribution is 2.21. The molecule has 2 aromatic carbocycles. The Labute approximate surface area is 153 Å². The van der Waals surface area contributed by atoms with Crippen LogP contribution in [-0.4, -0.2) is 28.5 Å². The summed E-state index contributed by atoms with van der Waals surface area (Å²) in [5.74, 6) is -0.445. The van der Waals surface area contributed by atoms with Gasteiger partial charge in [0.25, 0.3) is 5.69 Å². The molecule has 27 heavy (non-hydrogen) atoms. The van der Waals surface area contributed by atoms with E-state index in [2.05, 4.69) is 15.6 Å². The van der Waals surface area contributed by atoms with Gasteiger partial charge in [-0.3, -0.25) is 10.1 Å². The molecule has 9 nitrogen and oxygen atoms in total. The first-order chi connectivity index (χ1) is 13.0. The van der Waals surface area contributed by atoms with Crippen molar-refractivity contribution in [3.05, 3.63) is 64.3 Å². The first kappa shape index (κ1) is 17.9. The second kappa shape index (κ2) is 7.56. The minimum absolute atomic E-state index is 0.0590. The normalized spacial score (nSPS) is 10.4. The van der Waals surface area contributed by atoms with Crippen molar-refractivity contribution in [2.75, 3.05) is 17.2 Å². The van der Waals surface area contributed by atoms with E-state index < -0.39 is 16.9 Å². The summed E-state index contributed by atoms with van der Waals surface area (Å²) in [6.45, 7) is 2.01. The standard InChI is InChI=1S/C18H16N4O5/c1-2-27-17(23)16-10-11-9-13(5-8-15(11)21-16)20-18(24)19-12-3-6-14(7-4-12)22(25)26/h3-10,21H,2H2,1H3,(H2,19,20,24). The number of nitrogens with zero attached hydrogens (tertiary/aromatic N) is 1. The summed E-state index contributed by atoms with van der Waals surface area (Å²) < 4.78 is 4.95. The second-order valence-electron chi connectivity index (χ2n) is 5.59. The Morgan fingerprint density at radius 1 is 1.07 bits per heavy atom. The van der Waals surface area contributed by atoms with Crippen LogP contribution in [0.25, 0.3) is 10.9 Å². The van der Waals surface area contributed by atoms with E-state index in [4.69, 9.17) is 4.74 Å². The van der Waals surface area contributed by atoms with Crippen molar-refractivity contribution < 1.29 is 19.2 Å². The molecule has 3 aromatic rings. The van der Waals surface area contributed by atoms with Gasteiger partial charge in [0.05, 0.1) is 11.5 Å². The van der Waals surface area contributed by atoms with Gasteiger partial charge < -0.3 is 20.4 Å². The number of rotatable bonds is 5. The molecule has 0 spiro atoms. The highest BCUT2D eigenvalue weighted by atomic mass is 16.6. The van der Waals surface area contributed by atoms with Gasteiger partial charge in [-0.2, -0.15) is 0 Å². The van der Waals surface area contributed by atoms with Crippen LogP contribution in [0.2, 0.25) is 0 Å². The lowest BCUT2D eigenvalue weighted by Crippen LogP contribution is -2.19. The van der Waals surface area contributed by atoms with Gasteiger partial charge in [-0.15, -0.1) is 0 Å². The number of non-ortho nitro benzene ring substituents is 1.